The highest BCUT2D eigenvalue weighted by Gasteiger charge is 2.56. The second-order valence-electron chi connectivity index (χ2n) is 9.19. The summed E-state index contributed by atoms with van der Waals surface area (Å²) in [5, 5.41) is 3.60. The zero-order chi connectivity index (χ0) is 17.2. The van der Waals surface area contributed by atoms with Gasteiger partial charge in [0.1, 0.15) is 0 Å². The first kappa shape index (κ1) is 20.1. The van der Waals surface area contributed by atoms with Crippen LogP contribution in [0.4, 0.5) is 0 Å². The van der Waals surface area contributed by atoms with Crippen molar-refractivity contribution in [3.8, 4) is 0 Å². The van der Waals surface area contributed by atoms with Gasteiger partial charge in [-0.1, -0.05) is 68.4 Å². The van der Waals surface area contributed by atoms with Crippen molar-refractivity contribution < 1.29 is 0 Å². The molecule has 1 fully saturated rings. The van der Waals surface area contributed by atoms with E-state index in [4.69, 9.17) is 0 Å². The normalized spacial score (nSPS) is 21.1. The molecule has 1 aliphatic carbocycles. The molecule has 0 nitrogen and oxygen atoms in total. The van der Waals surface area contributed by atoms with E-state index in [9.17, 15) is 0 Å². The average molecular weight is 327 g/mol. The van der Waals surface area contributed by atoms with Crippen molar-refractivity contribution in [3.63, 3.8) is 0 Å². The third-order valence-corrected chi connectivity index (χ3v) is 11.2. The van der Waals surface area contributed by atoms with Crippen molar-refractivity contribution in [1.29, 1.82) is 0 Å². The molecule has 0 heterocycles. The Hall–Kier alpha value is 0.0900. The maximum Gasteiger partial charge on any atom is 0.00262 e. The lowest BCUT2D eigenvalue weighted by Crippen LogP contribution is -2.40. The molecule has 1 heteroatoms. The third-order valence-electron chi connectivity index (χ3n) is 6.18. The van der Waals surface area contributed by atoms with Crippen molar-refractivity contribution in [2.45, 2.75) is 93.2 Å². The summed E-state index contributed by atoms with van der Waals surface area (Å²) in [6.45, 7) is 21.9. The minimum absolute atomic E-state index is 0.341. The van der Waals surface area contributed by atoms with E-state index < -0.39 is 10.0 Å². The monoisotopic (exact) mass is 326 g/mol. The van der Waals surface area contributed by atoms with E-state index in [2.05, 4.69) is 73.8 Å². The Balaban J connectivity index is 3.30. The van der Waals surface area contributed by atoms with Crippen molar-refractivity contribution in [1.82, 2.24) is 0 Å². The molecule has 0 bridgehead atoms. The van der Waals surface area contributed by atoms with Crippen molar-refractivity contribution >= 4 is 10.0 Å². The van der Waals surface area contributed by atoms with Crippen molar-refractivity contribution in [3.05, 3.63) is 11.5 Å². The molecule has 1 aliphatic rings. The molecular formula is C21H42S. The molecule has 132 valence electrons. The van der Waals surface area contributed by atoms with Crippen LogP contribution >= 0.6 is 10.0 Å². The fourth-order valence-electron chi connectivity index (χ4n) is 4.33. The van der Waals surface area contributed by atoms with E-state index in [0.717, 1.165) is 5.25 Å². The van der Waals surface area contributed by atoms with Gasteiger partial charge < -0.3 is 0 Å². The SMILES string of the molecule is CCC(C)(C)C=CS(CC)(CC)C(C(C)(C)C)C1(CC)CC1. The van der Waals surface area contributed by atoms with Crippen LogP contribution in [-0.2, 0) is 0 Å². The molecule has 0 spiro atoms. The number of hydrogen-bond acceptors (Lipinski definition) is 0. The predicted octanol–water partition coefficient (Wildman–Crippen LogP) is 7.39. The summed E-state index contributed by atoms with van der Waals surface area (Å²) in [5.74, 6) is 2.70. The molecule has 0 N–H and O–H groups in total. The van der Waals surface area contributed by atoms with Gasteiger partial charge in [-0.25, -0.2) is 10.0 Å². The average Bonchev–Trinajstić information content (AvgIpc) is 3.22. The largest absolute Gasteiger partial charge is 0.218 e. The summed E-state index contributed by atoms with van der Waals surface area (Å²) in [6.07, 6.45) is 8.09. The zero-order valence-electron chi connectivity index (χ0n) is 16.9. The van der Waals surface area contributed by atoms with Crippen LogP contribution in [0.5, 0.6) is 0 Å². The highest BCUT2D eigenvalue weighted by molar-refractivity contribution is 8.36. The molecular weight excluding hydrogens is 284 g/mol. The molecule has 0 radical (unpaired) electrons. The van der Waals surface area contributed by atoms with Gasteiger partial charge in [0.15, 0.2) is 0 Å². The van der Waals surface area contributed by atoms with Gasteiger partial charge in [-0.3, -0.25) is 0 Å². The van der Waals surface area contributed by atoms with E-state index in [0.29, 0.717) is 16.2 Å². The fourth-order valence-corrected chi connectivity index (χ4v) is 9.39. The van der Waals surface area contributed by atoms with Crippen molar-refractivity contribution in [2.75, 3.05) is 11.5 Å². The molecule has 0 aromatic rings. The van der Waals surface area contributed by atoms with Gasteiger partial charge in [-0.2, -0.15) is 0 Å². The molecule has 1 rings (SSSR count). The molecule has 1 atom stereocenters. The Labute approximate surface area is 142 Å². The Kier molecular flexibility index (Phi) is 6.33. The maximum atomic E-state index is 2.72. The summed E-state index contributed by atoms with van der Waals surface area (Å²) in [4.78, 5) is 0. The van der Waals surface area contributed by atoms with Crippen LogP contribution in [0.3, 0.4) is 0 Å². The van der Waals surface area contributed by atoms with Gasteiger partial charge >= 0.3 is 0 Å². The third kappa shape index (κ3) is 4.13. The van der Waals surface area contributed by atoms with Crippen LogP contribution in [0.2, 0.25) is 0 Å². The first-order valence-corrected chi connectivity index (χ1v) is 11.6. The molecule has 0 saturated heterocycles. The van der Waals surface area contributed by atoms with Crippen molar-refractivity contribution in [2.24, 2.45) is 16.2 Å². The summed E-state index contributed by atoms with van der Waals surface area (Å²) in [5.41, 5.74) is 1.39. The molecule has 1 saturated carbocycles. The minimum atomic E-state index is -0.702. The van der Waals surface area contributed by atoms with Gasteiger partial charge in [0.05, 0.1) is 0 Å². The van der Waals surface area contributed by atoms with Gasteiger partial charge in [0.25, 0.3) is 0 Å². The highest BCUT2D eigenvalue weighted by atomic mass is 32.3. The summed E-state index contributed by atoms with van der Waals surface area (Å²) < 4.78 is 0. The Morgan fingerprint density at radius 1 is 0.955 bits per heavy atom. The lowest BCUT2D eigenvalue weighted by molar-refractivity contribution is 0.283. The standard InChI is InChI=1S/C21H42S/c1-10-20(8,9)16-17-22(12-3,13-4)18(19(5,6)7)21(11-2)14-15-21/h16-18H,10-15H2,1-9H3. The Morgan fingerprint density at radius 2 is 1.45 bits per heavy atom. The van der Waals surface area contributed by atoms with E-state index in [-0.39, 0.29) is 0 Å². The van der Waals surface area contributed by atoms with Crippen LogP contribution in [0.25, 0.3) is 0 Å². The number of hydrogen-bond donors (Lipinski definition) is 0. The molecule has 1 unspecified atom stereocenters. The quantitative estimate of drug-likeness (QED) is 0.436. The maximum absolute atomic E-state index is 2.72. The van der Waals surface area contributed by atoms with E-state index in [1.54, 1.807) is 0 Å². The predicted molar refractivity (Wildman–Crippen MR) is 107 cm³/mol. The van der Waals surface area contributed by atoms with Gasteiger partial charge in [0, 0.05) is 5.25 Å². The van der Waals surface area contributed by atoms with E-state index in [1.807, 2.05) is 0 Å². The van der Waals surface area contributed by atoms with Gasteiger partial charge in [-0.15, -0.1) is 0 Å². The van der Waals surface area contributed by atoms with E-state index in [1.165, 1.54) is 37.2 Å². The van der Waals surface area contributed by atoms with Gasteiger partial charge in [-0.05, 0) is 58.8 Å². The lowest BCUT2D eigenvalue weighted by Gasteiger charge is -2.54. The Morgan fingerprint density at radius 3 is 1.73 bits per heavy atom. The lowest BCUT2D eigenvalue weighted by atomic mass is 9.80. The topological polar surface area (TPSA) is 0 Å². The number of allylic oxidation sites excluding steroid dienone is 1. The van der Waals surface area contributed by atoms with Crippen LogP contribution in [0.1, 0.15) is 88.0 Å². The van der Waals surface area contributed by atoms with E-state index >= 15 is 0 Å². The first-order chi connectivity index (χ1) is 10.0. The summed E-state index contributed by atoms with van der Waals surface area (Å²) in [7, 11) is -0.702. The summed E-state index contributed by atoms with van der Waals surface area (Å²) >= 11 is 0. The molecule has 22 heavy (non-hydrogen) atoms. The van der Waals surface area contributed by atoms with Crippen LogP contribution in [-0.4, -0.2) is 16.8 Å². The highest BCUT2D eigenvalue weighted by Crippen LogP contribution is 2.71. The first-order valence-electron chi connectivity index (χ1n) is 9.49. The van der Waals surface area contributed by atoms with Crippen LogP contribution < -0.4 is 0 Å². The number of rotatable bonds is 8. The van der Waals surface area contributed by atoms with Crippen LogP contribution in [0.15, 0.2) is 11.5 Å². The second-order valence-corrected chi connectivity index (χ2v) is 13.1. The summed E-state index contributed by atoms with van der Waals surface area (Å²) in [6, 6.07) is 0. The second kappa shape index (κ2) is 6.91. The zero-order valence-corrected chi connectivity index (χ0v) is 17.7. The smallest absolute Gasteiger partial charge is 0.00262 e. The van der Waals surface area contributed by atoms with Gasteiger partial charge in [0.2, 0.25) is 0 Å². The molecule has 0 aromatic heterocycles. The molecule has 0 aromatic carbocycles. The van der Waals surface area contributed by atoms with Crippen LogP contribution in [0, 0.1) is 16.2 Å². The molecule has 0 aliphatic heterocycles. The minimum Gasteiger partial charge on any atom is -0.218 e. The Bertz CT molecular complexity index is 375. The fraction of sp³-hybridized carbons (Fsp3) is 0.905. The molecule has 0 amide bonds.